The average Bonchev–Trinajstić information content (AvgIpc) is 3.01. The molecule has 0 N–H and O–H groups in total. The normalized spacial score (nSPS) is 16.7. The highest BCUT2D eigenvalue weighted by atomic mass is 35.5. The Morgan fingerprint density at radius 2 is 1.88 bits per heavy atom. The first-order valence-corrected chi connectivity index (χ1v) is 14.6. The summed E-state index contributed by atoms with van der Waals surface area (Å²) in [6.07, 6.45) is 1.45. The monoisotopic (exact) mass is 605 g/mol. The summed E-state index contributed by atoms with van der Waals surface area (Å²) in [6.45, 7) is 0.752. The molecule has 42 heavy (non-hydrogen) atoms. The number of esters is 2. The Balaban J connectivity index is 1.40. The van der Waals surface area contributed by atoms with Gasteiger partial charge >= 0.3 is 11.9 Å². The fourth-order valence-electron chi connectivity index (χ4n) is 5.43. The Kier molecular flexibility index (Phi) is 9.55. The highest BCUT2D eigenvalue weighted by Gasteiger charge is 2.36. The van der Waals surface area contributed by atoms with E-state index in [0.29, 0.717) is 35.8 Å². The summed E-state index contributed by atoms with van der Waals surface area (Å²) in [5, 5.41) is 1.49. The van der Waals surface area contributed by atoms with Gasteiger partial charge < -0.3 is 18.9 Å². The van der Waals surface area contributed by atoms with Crippen molar-refractivity contribution in [3.63, 3.8) is 0 Å². The molecule has 5 rings (SSSR count). The lowest BCUT2D eigenvalue weighted by atomic mass is 9.77. The second kappa shape index (κ2) is 13.5. The number of hydrogen-bond donors (Lipinski definition) is 1. The summed E-state index contributed by atoms with van der Waals surface area (Å²) in [5.74, 6) is 0.778. The molecule has 3 atom stereocenters. The molecule has 0 bridgehead atoms. The van der Waals surface area contributed by atoms with E-state index in [0.717, 1.165) is 33.5 Å². The van der Waals surface area contributed by atoms with Crippen LogP contribution in [0.3, 0.4) is 0 Å². The lowest BCUT2D eigenvalue weighted by Gasteiger charge is -2.37. The van der Waals surface area contributed by atoms with Crippen molar-refractivity contribution in [3.8, 4) is 11.5 Å². The average molecular weight is 606 g/mol. The van der Waals surface area contributed by atoms with Crippen molar-refractivity contribution in [1.29, 1.82) is 0 Å². The third-order valence-corrected chi connectivity index (χ3v) is 8.35. The van der Waals surface area contributed by atoms with Crippen molar-refractivity contribution in [1.82, 2.24) is 4.98 Å². The maximum absolute atomic E-state index is 12.1. The van der Waals surface area contributed by atoms with Crippen LogP contribution >= 0.6 is 24.2 Å². The van der Waals surface area contributed by atoms with Crippen LogP contribution in [0.1, 0.15) is 45.9 Å². The molecular formula is C33H32ClNO6S. The first kappa shape index (κ1) is 29.7. The van der Waals surface area contributed by atoms with Gasteiger partial charge in [0.2, 0.25) is 0 Å². The number of ether oxygens (including phenoxy) is 4. The molecule has 0 fully saturated rings. The predicted octanol–water partition coefficient (Wildman–Crippen LogP) is 6.84. The Morgan fingerprint density at radius 1 is 1.05 bits per heavy atom. The van der Waals surface area contributed by atoms with Crippen LogP contribution in [0.2, 0.25) is 5.02 Å². The molecule has 4 aromatic rings. The van der Waals surface area contributed by atoms with Gasteiger partial charge in [-0.15, -0.1) is 0 Å². The van der Waals surface area contributed by atoms with Gasteiger partial charge in [-0.1, -0.05) is 35.9 Å². The third kappa shape index (κ3) is 6.99. The Hall–Kier alpha value is -3.75. The summed E-state index contributed by atoms with van der Waals surface area (Å²) in [5.41, 5.74) is 4.05. The number of fused-ring (bicyclic) bond motifs is 2. The minimum Gasteiger partial charge on any atom is -0.493 e. The molecule has 2 heterocycles. The van der Waals surface area contributed by atoms with Crippen LogP contribution in [-0.2, 0) is 27.3 Å². The number of benzene rings is 3. The lowest BCUT2D eigenvalue weighted by Crippen LogP contribution is -2.33. The predicted molar refractivity (Wildman–Crippen MR) is 165 cm³/mol. The van der Waals surface area contributed by atoms with Crippen molar-refractivity contribution in [2.75, 3.05) is 20.8 Å². The first-order chi connectivity index (χ1) is 20.3. The van der Waals surface area contributed by atoms with Gasteiger partial charge in [0.05, 0.1) is 37.6 Å². The van der Waals surface area contributed by atoms with E-state index < -0.39 is 0 Å². The van der Waals surface area contributed by atoms with Crippen molar-refractivity contribution in [2.24, 2.45) is 5.92 Å². The van der Waals surface area contributed by atoms with E-state index in [9.17, 15) is 9.59 Å². The number of aromatic nitrogens is 1. The van der Waals surface area contributed by atoms with E-state index >= 15 is 0 Å². The van der Waals surface area contributed by atoms with E-state index in [1.807, 2.05) is 66.7 Å². The van der Waals surface area contributed by atoms with Crippen molar-refractivity contribution in [3.05, 3.63) is 100 Å². The van der Waals surface area contributed by atoms with Gasteiger partial charge in [-0.3, -0.25) is 4.79 Å². The molecule has 9 heteroatoms. The fourth-order valence-corrected chi connectivity index (χ4v) is 6.13. The van der Waals surface area contributed by atoms with Gasteiger partial charge in [-0.2, -0.15) is 12.6 Å². The minimum atomic E-state index is -0.380. The molecule has 218 valence electrons. The van der Waals surface area contributed by atoms with E-state index in [1.165, 1.54) is 14.2 Å². The SMILES string of the molecule is COC(=O)CCC(S)C1c2cc(OCc3ccc4ccc(Cl)cc4n3)ccc2OCC1Cc1cccc(C(=O)OC)c1. The largest absolute Gasteiger partial charge is 0.493 e. The van der Waals surface area contributed by atoms with E-state index in [-0.39, 0.29) is 42.1 Å². The van der Waals surface area contributed by atoms with Crippen LogP contribution in [0.15, 0.2) is 72.8 Å². The smallest absolute Gasteiger partial charge is 0.337 e. The molecule has 1 aromatic heterocycles. The number of thiol groups is 1. The Morgan fingerprint density at radius 3 is 2.69 bits per heavy atom. The number of nitrogens with zero attached hydrogens (tertiary/aromatic N) is 1. The van der Waals surface area contributed by atoms with Crippen LogP contribution in [0.25, 0.3) is 10.9 Å². The maximum atomic E-state index is 12.1. The summed E-state index contributed by atoms with van der Waals surface area (Å²) >= 11 is 11.1. The van der Waals surface area contributed by atoms with E-state index in [4.69, 9.17) is 48.2 Å². The second-order valence-electron chi connectivity index (χ2n) is 10.3. The van der Waals surface area contributed by atoms with Gasteiger partial charge in [-0.05, 0) is 66.9 Å². The minimum absolute atomic E-state index is 0.0349. The molecule has 0 aliphatic carbocycles. The van der Waals surface area contributed by atoms with Crippen LogP contribution < -0.4 is 9.47 Å². The van der Waals surface area contributed by atoms with Crippen LogP contribution in [0, 0.1) is 5.92 Å². The summed E-state index contributed by atoms with van der Waals surface area (Å²) in [6, 6.07) is 22.8. The number of carbonyl (C=O) groups excluding carboxylic acids is 2. The third-order valence-electron chi connectivity index (χ3n) is 7.53. The highest BCUT2D eigenvalue weighted by molar-refractivity contribution is 7.81. The van der Waals surface area contributed by atoms with E-state index in [1.54, 1.807) is 6.07 Å². The molecule has 0 saturated heterocycles. The molecule has 0 saturated carbocycles. The molecule has 3 unspecified atom stereocenters. The zero-order valence-electron chi connectivity index (χ0n) is 23.4. The number of carbonyl (C=O) groups is 2. The van der Waals surface area contributed by atoms with Crippen LogP contribution in [-0.4, -0.2) is 43.0 Å². The molecular weight excluding hydrogens is 574 g/mol. The fraction of sp³-hybridized carbons (Fsp3) is 0.303. The first-order valence-electron chi connectivity index (χ1n) is 13.7. The Labute approximate surface area is 255 Å². The quantitative estimate of drug-likeness (QED) is 0.156. The molecule has 0 radical (unpaired) electrons. The lowest BCUT2D eigenvalue weighted by molar-refractivity contribution is -0.140. The van der Waals surface area contributed by atoms with Gasteiger partial charge in [-0.25, -0.2) is 9.78 Å². The van der Waals surface area contributed by atoms with E-state index in [2.05, 4.69) is 0 Å². The summed E-state index contributed by atoms with van der Waals surface area (Å²) in [4.78, 5) is 28.8. The summed E-state index contributed by atoms with van der Waals surface area (Å²) < 4.78 is 22.2. The molecule has 0 amide bonds. The van der Waals surface area contributed by atoms with Crippen molar-refractivity contribution < 1.29 is 28.5 Å². The number of hydrogen-bond acceptors (Lipinski definition) is 8. The maximum Gasteiger partial charge on any atom is 0.337 e. The van der Waals surface area contributed by atoms with Crippen molar-refractivity contribution >= 4 is 47.1 Å². The molecule has 3 aromatic carbocycles. The number of rotatable bonds is 10. The highest BCUT2D eigenvalue weighted by Crippen LogP contribution is 2.45. The molecule has 1 aliphatic rings. The van der Waals surface area contributed by atoms with Gasteiger partial charge in [0.25, 0.3) is 0 Å². The standard InChI is InChI=1S/C33H32ClNO6S/c1-38-31(36)13-12-30(42)32-23(15-20-4-3-5-22(14-20)33(37)39-2)18-41-29-11-10-26(17-27(29)32)40-19-25-9-7-21-6-8-24(34)16-28(21)35-25/h3-11,14,16-17,23,30,32,42H,12-13,15,18-19H2,1-2H3. The topological polar surface area (TPSA) is 84.0 Å². The number of pyridine rings is 1. The zero-order chi connectivity index (χ0) is 29.6. The molecule has 0 spiro atoms. The number of methoxy groups -OCH3 is 2. The molecule has 7 nitrogen and oxygen atoms in total. The van der Waals surface area contributed by atoms with Crippen LogP contribution in [0.5, 0.6) is 11.5 Å². The van der Waals surface area contributed by atoms with Gasteiger partial charge in [0.1, 0.15) is 18.1 Å². The zero-order valence-corrected chi connectivity index (χ0v) is 25.1. The number of halogens is 1. The summed E-state index contributed by atoms with van der Waals surface area (Å²) in [7, 11) is 2.76. The van der Waals surface area contributed by atoms with Gasteiger partial charge in [0, 0.05) is 39.5 Å². The second-order valence-corrected chi connectivity index (χ2v) is 11.4. The Bertz CT molecular complexity index is 1590. The van der Waals surface area contributed by atoms with Crippen LogP contribution in [0.4, 0.5) is 0 Å². The van der Waals surface area contributed by atoms with Crippen molar-refractivity contribution in [2.45, 2.75) is 37.0 Å². The van der Waals surface area contributed by atoms with Gasteiger partial charge in [0.15, 0.2) is 0 Å². The molecule has 1 aliphatic heterocycles.